The monoisotopic (exact) mass is 117 g/mol. The quantitative estimate of drug-likeness (QED) is 0.221. The second-order valence-electron chi connectivity index (χ2n) is 1.39. The molecule has 0 heterocycles. The standard InChI is InChI=1S/C4H7NO3/c1-3(4(6)7)5(2)8/h1-2H3,(H,6,7)/b5-3+. The molecule has 8 heavy (non-hydrogen) atoms. The van der Waals surface area contributed by atoms with E-state index in [1.165, 1.54) is 6.92 Å². The van der Waals surface area contributed by atoms with Crippen molar-refractivity contribution >= 4 is 11.7 Å². The van der Waals surface area contributed by atoms with Crippen LogP contribution in [0.3, 0.4) is 0 Å². The Labute approximate surface area is 46.6 Å². The van der Waals surface area contributed by atoms with Crippen LogP contribution in [0.5, 0.6) is 0 Å². The topological polar surface area (TPSA) is 63.4 Å². The molecule has 4 heteroatoms. The fraction of sp³-hybridized carbons (Fsp3) is 0.500. The molecule has 0 rings (SSSR count). The number of carboxylic acids is 1. The third-order valence-electron chi connectivity index (χ3n) is 0.782. The van der Waals surface area contributed by atoms with Gasteiger partial charge in [0.2, 0.25) is 0 Å². The van der Waals surface area contributed by atoms with Crippen LogP contribution in [0, 0.1) is 5.21 Å². The van der Waals surface area contributed by atoms with E-state index in [1.807, 2.05) is 0 Å². The molecule has 0 saturated carbocycles. The van der Waals surface area contributed by atoms with Gasteiger partial charge in [0, 0.05) is 6.92 Å². The molecule has 0 spiro atoms. The highest BCUT2D eigenvalue weighted by Gasteiger charge is 2.07. The second-order valence-corrected chi connectivity index (χ2v) is 1.39. The highest BCUT2D eigenvalue weighted by molar-refractivity contribution is 6.32. The van der Waals surface area contributed by atoms with Gasteiger partial charge in [-0.15, -0.1) is 0 Å². The van der Waals surface area contributed by atoms with Crippen molar-refractivity contribution in [3.63, 3.8) is 0 Å². The van der Waals surface area contributed by atoms with Gasteiger partial charge < -0.3 is 10.3 Å². The molecular formula is C4H7NO3. The Morgan fingerprint density at radius 2 is 2.12 bits per heavy atom. The number of aliphatic carboxylic acids is 1. The summed E-state index contributed by atoms with van der Waals surface area (Å²) < 4.78 is 0.308. The molecule has 0 unspecified atom stereocenters. The molecule has 0 radical (unpaired) electrons. The Morgan fingerprint density at radius 3 is 2.12 bits per heavy atom. The molecule has 0 amide bonds. The van der Waals surface area contributed by atoms with Crippen molar-refractivity contribution in [2.75, 3.05) is 7.05 Å². The van der Waals surface area contributed by atoms with Crippen LogP contribution >= 0.6 is 0 Å². The zero-order valence-electron chi connectivity index (χ0n) is 4.71. The van der Waals surface area contributed by atoms with Gasteiger partial charge in [-0.1, -0.05) is 0 Å². The van der Waals surface area contributed by atoms with Crippen LogP contribution in [-0.2, 0) is 4.79 Å². The van der Waals surface area contributed by atoms with E-state index in [0.29, 0.717) is 4.74 Å². The van der Waals surface area contributed by atoms with E-state index in [1.54, 1.807) is 0 Å². The zero-order chi connectivity index (χ0) is 6.73. The molecule has 0 aromatic heterocycles. The summed E-state index contributed by atoms with van der Waals surface area (Å²) in [4.78, 5) is 9.86. The number of rotatable bonds is 1. The Bertz CT molecular complexity index is 134. The maximum atomic E-state index is 10.1. The third-order valence-corrected chi connectivity index (χ3v) is 0.782. The predicted molar refractivity (Wildman–Crippen MR) is 27.9 cm³/mol. The summed E-state index contributed by atoms with van der Waals surface area (Å²) >= 11 is 0. The van der Waals surface area contributed by atoms with Crippen LogP contribution in [0.1, 0.15) is 6.92 Å². The molecule has 0 aliphatic rings. The molecule has 0 aromatic rings. The first-order valence-corrected chi connectivity index (χ1v) is 2.03. The number of hydroxylamine groups is 1. The van der Waals surface area contributed by atoms with E-state index in [4.69, 9.17) is 5.11 Å². The number of nitrogens with zero attached hydrogens (tertiary/aromatic N) is 1. The highest BCUT2D eigenvalue weighted by atomic mass is 16.5. The minimum absolute atomic E-state index is 0.204. The van der Waals surface area contributed by atoms with E-state index >= 15 is 0 Å². The summed E-state index contributed by atoms with van der Waals surface area (Å²) in [6, 6.07) is 0. The molecule has 0 aromatic carbocycles. The van der Waals surface area contributed by atoms with E-state index < -0.39 is 5.97 Å². The fourth-order valence-electron chi connectivity index (χ4n) is 0.135. The summed E-state index contributed by atoms with van der Waals surface area (Å²) in [6.45, 7) is 1.25. The lowest BCUT2D eigenvalue weighted by Gasteiger charge is -1.95. The van der Waals surface area contributed by atoms with Crippen LogP contribution < -0.4 is 0 Å². The molecule has 0 aliphatic heterocycles. The molecule has 0 saturated heterocycles. The largest absolute Gasteiger partial charge is 0.624 e. The molecule has 1 N–H and O–H groups in total. The van der Waals surface area contributed by atoms with Crippen molar-refractivity contribution in [3.8, 4) is 0 Å². The maximum Gasteiger partial charge on any atom is 0.397 e. The van der Waals surface area contributed by atoms with E-state index in [9.17, 15) is 10.0 Å². The molecule has 0 aliphatic carbocycles. The van der Waals surface area contributed by atoms with Gasteiger partial charge in [-0.05, 0) is 0 Å². The Hall–Kier alpha value is -1.06. The van der Waals surface area contributed by atoms with Gasteiger partial charge in [0.1, 0.15) is 7.05 Å². The minimum atomic E-state index is -1.18. The van der Waals surface area contributed by atoms with Gasteiger partial charge in [0.25, 0.3) is 5.71 Å². The number of hydrogen-bond donors (Lipinski definition) is 1. The second kappa shape index (κ2) is 2.30. The molecule has 0 atom stereocenters. The van der Waals surface area contributed by atoms with Gasteiger partial charge in [-0.25, -0.2) is 9.53 Å². The third kappa shape index (κ3) is 1.59. The Morgan fingerprint density at radius 1 is 1.75 bits per heavy atom. The lowest BCUT2D eigenvalue weighted by Crippen LogP contribution is -2.17. The van der Waals surface area contributed by atoms with Crippen LogP contribution in [0.2, 0.25) is 0 Å². The fourth-order valence-corrected chi connectivity index (χ4v) is 0.135. The summed E-state index contributed by atoms with van der Waals surface area (Å²) in [6.07, 6.45) is 0. The minimum Gasteiger partial charge on any atom is -0.624 e. The van der Waals surface area contributed by atoms with E-state index in [0.717, 1.165) is 7.05 Å². The zero-order valence-corrected chi connectivity index (χ0v) is 4.71. The molecular weight excluding hydrogens is 110 g/mol. The predicted octanol–water partition coefficient (Wildman–Crippen LogP) is -0.328. The number of hydrogen-bond acceptors (Lipinski definition) is 2. The van der Waals surface area contributed by atoms with Crippen molar-refractivity contribution in [2.45, 2.75) is 6.92 Å². The average molecular weight is 117 g/mol. The van der Waals surface area contributed by atoms with E-state index in [2.05, 4.69) is 0 Å². The van der Waals surface area contributed by atoms with Gasteiger partial charge >= 0.3 is 5.97 Å². The van der Waals surface area contributed by atoms with Gasteiger partial charge in [-0.3, -0.25) is 0 Å². The first-order chi connectivity index (χ1) is 3.55. The summed E-state index contributed by atoms with van der Waals surface area (Å²) in [5.74, 6) is -1.18. The number of carbonyl (C=O) groups is 1. The van der Waals surface area contributed by atoms with Gasteiger partial charge in [0.05, 0.1) is 0 Å². The lowest BCUT2D eigenvalue weighted by molar-refractivity contribution is -0.422. The Balaban J connectivity index is 4.23. The van der Waals surface area contributed by atoms with Crippen molar-refractivity contribution in [1.82, 2.24) is 0 Å². The van der Waals surface area contributed by atoms with Crippen LogP contribution in [-0.4, -0.2) is 28.6 Å². The smallest absolute Gasteiger partial charge is 0.397 e. The first-order valence-electron chi connectivity index (χ1n) is 2.03. The molecule has 46 valence electrons. The molecule has 0 bridgehead atoms. The molecule has 0 fully saturated rings. The van der Waals surface area contributed by atoms with Crippen molar-refractivity contribution in [1.29, 1.82) is 0 Å². The first kappa shape index (κ1) is 6.94. The van der Waals surface area contributed by atoms with Gasteiger partial charge in [0.15, 0.2) is 0 Å². The lowest BCUT2D eigenvalue weighted by atomic mass is 10.4. The van der Waals surface area contributed by atoms with Crippen LogP contribution in [0.4, 0.5) is 0 Å². The maximum absolute atomic E-state index is 10.1. The Kier molecular flexibility index (Phi) is 1.99. The van der Waals surface area contributed by atoms with E-state index in [-0.39, 0.29) is 5.71 Å². The summed E-state index contributed by atoms with van der Waals surface area (Å²) in [5.41, 5.74) is -0.204. The van der Waals surface area contributed by atoms with Crippen molar-refractivity contribution < 1.29 is 14.6 Å². The normalized spacial score (nSPS) is 12.8. The number of carboxylic acid groups (broad SMARTS) is 1. The molecule has 4 nitrogen and oxygen atoms in total. The summed E-state index contributed by atoms with van der Waals surface area (Å²) in [5, 5.41) is 18.2. The SMILES string of the molecule is C/C(C(=O)O)=[N+](/C)[O-]. The van der Waals surface area contributed by atoms with Crippen LogP contribution in [0.15, 0.2) is 0 Å². The summed E-state index contributed by atoms with van der Waals surface area (Å²) in [7, 11) is 1.14. The van der Waals surface area contributed by atoms with Crippen molar-refractivity contribution in [2.24, 2.45) is 0 Å². The van der Waals surface area contributed by atoms with Crippen LogP contribution in [0.25, 0.3) is 0 Å². The van der Waals surface area contributed by atoms with Gasteiger partial charge in [-0.2, -0.15) is 0 Å². The average Bonchev–Trinajstić information content (AvgIpc) is 1.64. The van der Waals surface area contributed by atoms with Crippen molar-refractivity contribution in [3.05, 3.63) is 5.21 Å². The highest BCUT2D eigenvalue weighted by Crippen LogP contribution is 1.72.